The van der Waals surface area contributed by atoms with Crippen LogP contribution in [0.3, 0.4) is 0 Å². The van der Waals surface area contributed by atoms with Gasteiger partial charge >= 0.3 is 0 Å². The lowest BCUT2D eigenvalue weighted by Gasteiger charge is -2.15. The minimum absolute atomic E-state index is 0.297. The molecule has 0 bridgehead atoms. The summed E-state index contributed by atoms with van der Waals surface area (Å²) in [5.74, 6) is 0.297. The molecule has 3 aromatic rings. The SMILES string of the molecule is [B]c1cccc(C2c3ccccc3-c3ccccc32)c1. The summed E-state index contributed by atoms with van der Waals surface area (Å²) in [6, 6.07) is 25.5. The number of fused-ring (bicyclic) bond motifs is 3. The lowest BCUT2D eigenvalue weighted by molar-refractivity contribution is 1.02. The van der Waals surface area contributed by atoms with Crippen molar-refractivity contribution < 1.29 is 0 Å². The third-order valence-corrected chi connectivity index (χ3v) is 4.08. The van der Waals surface area contributed by atoms with Crippen molar-refractivity contribution in [2.24, 2.45) is 0 Å². The van der Waals surface area contributed by atoms with Crippen molar-refractivity contribution in [3.8, 4) is 11.1 Å². The van der Waals surface area contributed by atoms with Gasteiger partial charge in [-0.2, -0.15) is 0 Å². The second kappa shape index (κ2) is 4.38. The summed E-state index contributed by atoms with van der Waals surface area (Å²) in [6.45, 7) is 0. The minimum Gasteiger partial charge on any atom is -0.0964 e. The molecular formula is C19H13B. The Morgan fingerprint density at radius 1 is 0.650 bits per heavy atom. The summed E-state index contributed by atoms with van der Waals surface area (Å²) in [5, 5.41) is 0. The van der Waals surface area contributed by atoms with Gasteiger partial charge in [-0.3, -0.25) is 0 Å². The first kappa shape index (κ1) is 11.5. The van der Waals surface area contributed by atoms with Crippen LogP contribution in [-0.4, -0.2) is 7.85 Å². The Bertz CT molecular complexity index is 744. The van der Waals surface area contributed by atoms with E-state index in [0.717, 1.165) is 5.46 Å². The monoisotopic (exact) mass is 252 g/mol. The van der Waals surface area contributed by atoms with Crippen LogP contribution in [0.5, 0.6) is 0 Å². The molecule has 0 fully saturated rings. The molecule has 0 N–H and O–H groups in total. The van der Waals surface area contributed by atoms with Crippen LogP contribution < -0.4 is 5.46 Å². The van der Waals surface area contributed by atoms with E-state index in [1.165, 1.54) is 27.8 Å². The summed E-state index contributed by atoms with van der Waals surface area (Å²) in [4.78, 5) is 0. The molecule has 0 nitrogen and oxygen atoms in total. The molecule has 0 amide bonds. The van der Waals surface area contributed by atoms with E-state index in [9.17, 15) is 0 Å². The maximum absolute atomic E-state index is 5.97. The molecule has 0 saturated carbocycles. The van der Waals surface area contributed by atoms with Gasteiger partial charge in [0.1, 0.15) is 7.85 Å². The second-order valence-corrected chi connectivity index (χ2v) is 5.28. The molecule has 1 aliphatic carbocycles. The van der Waals surface area contributed by atoms with Crippen LogP contribution in [0.15, 0.2) is 72.8 Å². The highest BCUT2D eigenvalue weighted by Crippen LogP contribution is 2.47. The molecule has 20 heavy (non-hydrogen) atoms. The zero-order valence-corrected chi connectivity index (χ0v) is 11.1. The molecule has 1 aliphatic rings. The molecule has 92 valence electrons. The molecular weight excluding hydrogens is 239 g/mol. The minimum atomic E-state index is 0.297. The van der Waals surface area contributed by atoms with Gasteiger partial charge in [-0.15, -0.1) is 0 Å². The average Bonchev–Trinajstić information content (AvgIpc) is 2.82. The van der Waals surface area contributed by atoms with Gasteiger partial charge in [0.2, 0.25) is 0 Å². The maximum Gasteiger partial charge on any atom is 0.113 e. The van der Waals surface area contributed by atoms with E-state index in [4.69, 9.17) is 7.85 Å². The van der Waals surface area contributed by atoms with Crippen LogP contribution >= 0.6 is 0 Å². The highest BCUT2D eigenvalue weighted by molar-refractivity contribution is 6.32. The fourth-order valence-electron chi connectivity index (χ4n) is 3.25. The fraction of sp³-hybridized carbons (Fsp3) is 0.0526. The van der Waals surface area contributed by atoms with Gasteiger partial charge in [-0.05, 0) is 27.8 Å². The first-order valence-corrected chi connectivity index (χ1v) is 6.88. The predicted octanol–water partition coefficient (Wildman–Crippen LogP) is 3.64. The Morgan fingerprint density at radius 3 is 1.85 bits per heavy atom. The average molecular weight is 252 g/mol. The van der Waals surface area contributed by atoms with Gasteiger partial charge < -0.3 is 0 Å². The molecule has 0 aliphatic heterocycles. The third-order valence-electron chi connectivity index (χ3n) is 4.08. The second-order valence-electron chi connectivity index (χ2n) is 5.28. The van der Waals surface area contributed by atoms with Crippen molar-refractivity contribution in [3.63, 3.8) is 0 Å². The Morgan fingerprint density at radius 2 is 1.25 bits per heavy atom. The molecule has 0 aromatic heterocycles. The van der Waals surface area contributed by atoms with Crippen molar-refractivity contribution in [1.29, 1.82) is 0 Å². The first-order chi connectivity index (χ1) is 9.84. The van der Waals surface area contributed by atoms with Crippen molar-refractivity contribution in [3.05, 3.63) is 89.5 Å². The van der Waals surface area contributed by atoms with Crippen LogP contribution in [0, 0.1) is 0 Å². The van der Waals surface area contributed by atoms with E-state index in [1.807, 2.05) is 12.1 Å². The lowest BCUT2D eigenvalue weighted by atomic mass is 9.85. The standard InChI is InChI=1S/C19H13B/c20-14-7-5-6-13(12-14)19-17-10-3-1-8-15(17)16-9-2-4-11-18(16)19/h1-12,19H. The fourth-order valence-corrected chi connectivity index (χ4v) is 3.25. The molecule has 1 heteroatoms. The molecule has 3 aromatic carbocycles. The van der Waals surface area contributed by atoms with Gasteiger partial charge in [0.25, 0.3) is 0 Å². The Hall–Kier alpha value is -2.28. The van der Waals surface area contributed by atoms with Gasteiger partial charge in [0, 0.05) is 5.92 Å². The van der Waals surface area contributed by atoms with E-state index in [-0.39, 0.29) is 0 Å². The van der Waals surface area contributed by atoms with Crippen LogP contribution in [-0.2, 0) is 0 Å². The zero-order chi connectivity index (χ0) is 13.5. The maximum atomic E-state index is 5.97. The third kappa shape index (κ3) is 1.63. The number of hydrogen-bond acceptors (Lipinski definition) is 0. The van der Waals surface area contributed by atoms with Gasteiger partial charge in [-0.1, -0.05) is 78.3 Å². The van der Waals surface area contributed by atoms with Gasteiger partial charge in [0.05, 0.1) is 0 Å². The molecule has 0 unspecified atom stereocenters. The van der Waals surface area contributed by atoms with Gasteiger partial charge in [0.15, 0.2) is 0 Å². The summed E-state index contributed by atoms with van der Waals surface area (Å²) in [7, 11) is 5.97. The van der Waals surface area contributed by atoms with Crippen molar-refractivity contribution >= 4 is 13.3 Å². The number of benzene rings is 3. The Kier molecular flexibility index (Phi) is 2.53. The van der Waals surface area contributed by atoms with Crippen LogP contribution in [0.1, 0.15) is 22.6 Å². The highest BCUT2D eigenvalue weighted by atomic mass is 14.3. The number of hydrogen-bond donors (Lipinski definition) is 0. The van der Waals surface area contributed by atoms with E-state index in [2.05, 4.69) is 60.7 Å². The van der Waals surface area contributed by atoms with Gasteiger partial charge in [-0.25, -0.2) is 0 Å². The normalized spacial score (nSPS) is 13.0. The van der Waals surface area contributed by atoms with E-state index < -0.39 is 0 Å². The van der Waals surface area contributed by atoms with Crippen LogP contribution in [0.4, 0.5) is 0 Å². The molecule has 0 saturated heterocycles. The molecule has 2 radical (unpaired) electrons. The zero-order valence-electron chi connectivity index (χ0n) is 11.1. The highest BCUT2D eigenvalue weighted by Gasteiger charge is 2.28. The van der Waals surface area contributed by atoms with Crippen molar-refractivity contribution in [1.82, 2.24) is 0 Å². The van der Waals surface area contributed by atoms with Crippen molar-refractivity contribution in [2.45, 2.75) is 5.92 Å². The summed E-state index contributed by atoms with van der Waals surface area (Å²) < 4.78 is 0. The molecule has 0 spiro atoms. The van der Waals surface area contributed by atoms with E-state index >= 15 is 0 Å². The molecule has 0 heterocycles. The predicted molar refractivity (Wildman–Crippen MR) is 84.7 cm³/mol. The first-order valence-electron chi connectivity index (χ1n) is 6.88. The smallest absolute Gasteiger partial charge is 0.0964 e. The van der Waals surface area contributed by atoms with E-state index in [1.54, 1.807) is 0 Å². The quantitative estimate of drug-likeness (QED) is 0.454. The summed E-state index contributed by atoms with van der Waals surface area (Å²) >= 11 is 0. The molecule has 0 atom stereocenters. The summed E-state index contributed by atoms with van der Waals surface area (Å²) in [6.07, 6.45) is 0. The number of rotatable bonds is 1. The van der Waals surface area contributed by atoms with Crippen LogP contribution in [0.25, 0.3) is 11.1 Å². The Labute approximate surface area is 120 Å². The topological polar surface area (TPSA) is 0 Å². The summed E-state index contributed by atoms with van der Waals surface area (Å²) in [5.41, 5.74) is 7.52. The van der Waals surface area contributed by atoms with E-state index in [0.29, 0.717) is 5.92 Å². The van der Waals surface area contributed by atoms with Crippen LogP contribution in [0.2, 0.25) is 0 Å². The largest absolute Gasteiger partial charge is 0.113 e. The van der Waals surface area contributed by atoms with Crippen molar-refractivity contribution in [2.75, 3.05) is 0 Å². The molecule has 4 rings (SSSR count). The Balaban J connectivity index is 2.00. The lowest BCUT2D eigenvalue weighted by Crippen LogP contribution is -2.06.